The fraction of sp³-hybridized carbons (Fsp3) is 0.167. The second-order valence-electron chi connectivity index (χ2n) is 8.70. The van der Waals surface area contributed by atoms with Crippen LogP contribution in [0.3, 0.4) is 0 Å². The van der Waals surface area contributed by atoms with Gasteiger partial charge in [0.25, 0.3) is 0 Å². The third-order valence-corrected chi connectivity index (χ3v) is 6.41. The number of anilines is 2. The van der Waals surface area contributed by atoms with Gasteiger partial charge in [-0.25, -0.2) is 4.79 Å². The molecule has 1 N–H and O–H groups in total. The van der Waals surface area contributed by atoms with E-state index in [-0.39, 0.29) is 6.03 Å². The average molecular weight is 464 g/mol. The number of aryl methyl sites for hydroxylation is 2. The summed E-state index contributed by atoms with van der Waals surface area (Å²) in [6, 6.07) is 30.2. The van der Waals surface area contributed by atoms with Crippen LogP contribution in [-0.4, -0.2) is 17.7 Å². The van der Waals surface area contributed by atoms with Crippen LogP contribution in [0.2, 0.25) is 0 Å². The fourth-order valence-corrected chi connectivity index (χ4v) is 4.62. The normalized spacial score (nSPS) is 11.1. The van der Waals surface area contributed by atoms with E-state index >= 15 is 0 Å². The van der Waals surface area contributed by atoms with Crippen LogP contribution >= 0.6 is 0 Å². The van der Waals surface area contributed by atoms with Crippen LogP contribution in [0.5, 0.6) is 5.75 Å². The van der Waals surface area contributed by atoms with Crippen molar-refractivity contribution in [3.8, 4) is 5.75 Å². The largest absolute Gasteiger partial charge is 0.497 e. The second kappa shape index (κ2) is 9.55. The van der Waals surface area contributed by atoms with Crippen LogP contribution in [0.1, 0.15) is 18.1 Å². The molecule has 0 saturated carbocycles. The van der Waals surface area contributed by atoms with E-state index in [1.165, 1.54) is 21.8 Å². The lowest BCUT2D eigenvalue weighted by Crippen LogP contribution is -2.34. The third-order valence-electron chi connectivity index (χ3n) is 6.41. The number of hydrogen-bond donors (Lipinski definition) is 1. The zero-order valence-corrected chi connectivity index (χ0v) is 20.3. The predicted molar refractivity (Wildman–Crippen MR) is 144 cm³/mol. The maximum Gasteiger partial charge on any atom is 0.326 e. The summed E-state index contributed by atoms with van der Waals surface area (Å²) in [6.45, 7) is 5.56. The highest BCUT2D eigenvalue weighted by atomic mass is 16.5. The van der Waals surface area contributed by atoms with Crippen LogP contribution < -0.4 is 15.0 Å². The molecule has 35 heavy (non-hydrogen) atoms. The molecule has 0 bridgehead atoms. The number of carbonyl (C=O) groups excluding carboxylic acids is 1. The molecule has 0 spiro atoms. The number of nitrogens with zero attached hydrogens (tertiary/aromatic N) is 2. The minimum absolute atomic E-state index is 0.196. The van der Waals surface area contributed by atoms with Gasteiger partial charge in [0.1, 0.15) is 5.75 Å². The molecule has 1 heterocycles. The molecule has 2 amide bonds. The van der Waals surface area contributed by atoms with Gasteiger partial charge in [-0.2, -0.15) is 0 Å². The van der Waals surface area contributed by atoms with Crippen LogP contribution in [0.25, 0.3) is 21.8 Å². The lowest BCUT2D eigenvalue weighted by atomic mass is 10.1. The Hall–Kier alpha value is -4.25. The molecule has 5 heteroatoms. The second-order valence-corrected chi connectivity index (χ2v) is 8.70. The molecule has 0 radical (unpaired) electrons. The van der Waals surface area contributed by atoms with E-state index in [4.69, 9.17) is 4.74 Å². The lowest BCUT2D eigenvalue weighted by molar-refractivity contribution is 0.256. The quantitative estimate of drug-likeness (QED) is 0.286. The van der Waals surface area contributed by atoms with Crippen molar-refractivity contribution in [1.29, 1.82) is 0 Å². The molecule has 5 nitrogen and oxygen atoms in total. The van der Waals surface area contributed by atoms with Crippen molar-refractivity contribution in [3.05, 3.63) is 102 Å². The smallest absolute Gasteiger partial charge is 0.326 e. The van der Waals surface area contributed by atoms with Crippen molar-refractivity contribution in [1.82, 2.24) is 4.57 Å². The molecule has 1 aromatic heterocycles. The number of benzene rings is 4. The van der Waals surface area contributed by atoms with Crippen LogP contribution in [0.15, 0.2) is 91.0 Å². The highest BCUT2D eigenvalue weighted by Crippen LogP contribution is 2.31. The summed E-state index contributed by atoms with van der Waals surface area (Å²) in [4.78, 5) is 15.3. The molecule has 0 unspecified atom stereocenters. The van der Waals surface area contributed by atoms with Crippen molar-refractivity contribution in [3.63, 3.8) is 0 Å². The number of hydrogen-bond acceptors (Lipinski definition) is 2. The maximum atomic E-state index is 13.5. The van der Waals surface area contributed by atoms with Gasteiger partial charge >= 0.3 is 6.03 Å². The molecule has 0 fully saturated rings. The highest BCUT2D eigenvalue weighted by Gasteiger charge is 2.18. The molecule has 176 valence electrons. The van der Waals surface area contributed by atoms with Gasteiger partial charge in [-0.1, -0.05) is 48.0 Å². The van der Waals surface area contributed by atoms with Crippen LogP contribution in [-0.2, 0) is 13.1 Å². The Balaban J connectivity index is 1.52. The Bertz CT molecular complexity index is 1500. The average Bonchev–Trinajstić information content (AvgIpc) is 3.21. The number of nitrogens with one attached hydrogen (secondary N) is 1. The Morgan fingerprint density at radius 2 is 1.66 bits per heavy atom. The standard InChI is InChI=1S/C30H29N3O2/c1-4-32-28-11-6-5-10-26(28)27-18-22(14-17-29(27)32)20-33(24-15-12-21(2)13-16-24)30(34)31-23-8-7-9-25(19-23)35-3/h5-19H,4,20H2,1-3H3,(H,31,34). The number of rotatable bonds is 6. The van der Waals surface area contributed by atoms with E-state index in [1.807, 2.05) is 55.5 Å². The van der Waals surface area contributed by atoms with Gasteiger partial charge in [0.15, 0.2) is 0 Å². The van der Waals surface area contributed by atoms with Crippen LogP contribution in [0.4, 0.5) is 16.2 Å². The minimum atomic E-state index is -0.196. The number of methoxy groups -OCH3 is 1. The van der Waals surface area contributed by atoms with Crippen molar-refractivity contribution in [2.75, 3.05) is 17.3 Å². The van der Waals surface area contributed by atoms with Crippen molar-refractivity contribution >= 4 is 39.2 Å². The SMILES string of the molecule is CCn1c2ccccc2c2cc(CN(C(=O)Nc3cccc(OC)c3)c3ccc(C)cc3)ccc21. The van der Waals surface area contributed by atoms with Crippen LogP contribution in [0, 0.1) is 6.92 Å². The summed E-state index contributed by atoms with van der Waals surface area (Å²) < 4.78 is 7.65. The molecule has 4 aromatic carbocycles. The lowest BCUT2D eigenvalue weighted by Gasteiger charge is -2.24. The molecular weight excluding hydrogens is 434 g/mol. The van der Waals surface area contributed by atoms with E-state index < -0.39 is 0 Å². The Labute approximate surface area is 205 Å². The van der Waals surface area contributed by atoms with Gasteiger partial charge in [0, 0.05) is 45.8 Å². The van der Waals surface area contributed by atoms with Crippen molar-refractivity contribution < 1.29 is 9.53 Å². The number of para-hydroxylation sites is 1. The first-order valence-corrected chi connectivity index (χ1v) is 11.9. The summed E-state index contributed by atoms with van der Waals surface area (Å²) in [5, 5.41) is 5.47. The van der Waals surface area contributed by atoms with E-state index in [2.05, 4.69) is 59.3 Å². The topological polar surface area (TPSA) is 46.5 Å². The Kier molecular flexibility index (Phi) is 6.15. The minimum Gasteiger partial charge on any atom is -0.497 e. The summed E-state index contributed by atoms with van der Waals surface area (Å²) in [5.41, 5.74) is 6.18. The summed E-state index contributed by atoms with van der Waals surface area (Å²) in [6.07, 6.45) is 0. The van der Waals surface area contributed by atoms with Gasteiger partial charge in [0.05, 0.1) is 13.7 Å². The van der Waals surface area contributed by atoms with E-state index in [9.17, 15) is 4.79 Å². The number of urea groups is 1. The van der Waals surface area contributed by atoms with Gasteiger partial charge in [0.2, 0.25) is 0 Å². The Morgan fingerprint density at radius 3 is 2.43 bits per heavy atom. The number of amides is 2. The highest BCUT2D eigenvalue weighted by molar-refractivity contribution is 6.08. The monoisotopic (exact) mass is 463 g/mol. The van der Waals surface area contributed by atoms with E-state index in [0.29, 0.717) is 18.0 Å². The predicted octanol–water partition coefficient (Wildman–Crippen LogP) is 7.37. The van der Waals surface area contributed by atoms with Gasteiger partial charge in [-0.15, -0.1) is 0 Å². The maximum absolute atomic E-state index is 13.5. The molecule has 0 saturated heterocycles. The molecule has 0 atom stereocenters. The van der Waals surface area contributed by atoms with Crippen molar-refractivity contribution in [2.24, 2.45) is 0 Å². The molecule has 0 aliphatic carbocycles. The fourth-order valence-electron chi connectivity index (χ4n) is 4.62. The molecular formula is C30H29N3O2. The zero-order valence-electron chi connectivity index (χ0n) is 20.3. The summed E-state index contributed by atoms with van der Waals surface area (Å²) in [5.74, 6) is 0.697. The van der Waals surface area contributed by atoms with E-state index in [1.54, 1.807) is 12.0 Å². The number of aromatic nitrogens is 1. The molecule has 5 rings (SSSR count). The van der Waals surface area contributed by atoms with Gasteiger partial charge in [-0.05, 0) is 61.9 Å². The number of fused-ring (bicyclic) bond motifs is 3. The first kappa shape index (κ1) is 22.5. The first-order chi connectivity index (χ1) is 17.1. The zero-order chi connectivity index (χ0) is 24.4. The number of carbonyl (C=O) groups is 1. The van der Waals surface area contributed by atoms with Gasteiger partial charge in [-0.3, -0.25) is 4.90 Å². The molecule has 0 aliphatic rings. The van der Waals surface area contributed by atoms with Crippen molar-refractivity contribution in [2.45, 2.75) is 26.9 Å². The third kappa shape index (κ3) is 4.45. The summed E-state index contributed by atoms with van der Waals surface area (Å²) >= 11 is 0. The first-order valence-electron chi connectivity index (χ1n) is 11.9. The van der Waals surface area contributed by atoms with Gasteiger partial charge < -0.3 is 14.6 Å². The molecule has 0 aliphatic heterocycles. The van der Waals surface area contributed by atoms with E-state index in [0.717, 1.165) is 23.4 Å². The Morgan fingerprint density at radius 1 is 0.886 bits per heavy atom. The number of ether oxygens (including phenoxy) is 1. The summed E-state index contributed by atoms with van der Waals surface area (Å²) in [7, 11) is 1.62. The molecule has 5 aromatic rings.